The van der Waals surface area contributed by atoms with Crippen LogP contribution in [-0.4, -0.2) is 47.9 Å². The number of rotatable bonds is 5. The number of nitrogens with zero attached hydrogens (tertiary/aromatic N) is 5. The maximum Gasteiger partial charge on any atom is 0.244 e. The summed E-state index contributed by atoms with van der Waals surface area (Å²) in [5.41, 5.74) is 1.27. The van der Waals surface area contributed by atoms with Crippen LogP contribution in [0.3, 0.4) is 0 Å². The van der Waals surface area contributed by atoms with Gasteiger partial charge in [0.1, 0.15) is 0 Å². The minimum atomic E-state index is 0.544. The number of nitrogens with one attached hydrogen (secondary N) is 1. The predicted octanol–water partition coefficient (Wildman–Crippen LogP) is 1.80. The molecule has 0 bridgehead atoms. The third-order valence-electron chi connectivity index (χ3n) is 3.68. The first-order valence-electron chi connectivity index (χ1n) is 7.46. The van der Waals surface area contributed by atoms with Crippen molar-refractivity contribution in [2.24, 2.45) is 0 Å². The number of aromatic nitrogens is 3. The summed E-state index contributed by atoms with van der Waals surface area (Å²) in [4.78, 5) is 9.14. The molecule has 2 heterocycles. The summed E-state index contributed by atoms with van der Waals surface area (Å²) in [6, 6.07) is 10.5. The second kappa shape index (κ2) is 6.89. The maximum absolute atomic E-state index is 4.51. The largest absolute Gasteiger partial charge is 0.368 e. The average molecular weight is 296 g/mol. The van der Waals surface area contributed by atoms with Gasteiger partial charge in [0.2, 0.25) is 5.95 Å². The number of hydrogen-bond donors (Lipinski definition) is 1. The summed E-state index contributed by atoms with van der Waals surface area (Å²) >= 11 is 0. The third kappa shape index (κ3) is 3.33. The lowest BCUT2D eigenvalue weighted by Crippen LogP contribution is -2.46. The van der Waals surface area contributed by atoms with Crippen molar-refractivity contribution in [3.63, 3.8) is 0 Å². The lowest BCUT2D eigenvalue weighted by molar-refractivity contribution is 0.644. The number of para-hydroxylation sites is 1. The van der Waals surface area contributed by atoms with Gasteiger partial charge in [-0.15, -0.1) is 11.7 Å². The van der Waals surface area contributed by atoms with Gasteiger partial charge in [0.05, 0.1) is 6.20 Å². The molecule has 22 heavy (non-hydrogen) atoms. The Morgan fingerprint density at radius 3 is 2.55 bits per heavy atom. The molecule has 6 nitrogen and oxygen atoms in total. The van der Waals surface area contributed by atoms with E-state index in [-0.39, 0.29) is 0 Å². The zero-order valence-corrected chi connectivity index (χ0v) is 12.5. The fourth-order valence-corrected chi connectivity index (χ4v) is 2.52. The quantitative estimate of drug-likeness (QED) is 0.849. The van der Waals surface area contributed by atoms with Gasteiger partial charge in [0.25, 0.3) is 0 Å². The molecule has 114 valence electrons. The van der Waals surface area contributed by atoms with Gasteiger partial charge in [-0.3, -0.25) is 0 Å². The van der Waals surface area contributed by atoms with E-state index in [1.165, 1.54) is 5.69 Å². The lowest BCUT2D eigenvalue weighted by Gasteiger charge is -2.36. The molecule has 0 aliphatic carbocycles. The Bertz CT molecular complexity index is 607. The summed E-state index contributed by atoms with van der Waals surface area (Å²) in [6.07, 6.45) is 3.49. The van der Waals surface area contributed by atoms with E-state index in [2.05, 4.69) is 61.1 Å². The van der Waals surface area contributed by atoms with Gasteiger partial charge in [0.15, 0.2) is 5.82 Å². The summed E-state index contributed by atoms with van der Waals surface area (Å²) < 4.78 is 0. The minimum Gasteiger partial charge on any atom is -0.368 e. The molecule has 0 spiro atoms. The molecule has 0 saturated carbocycles. The van der Waals surface area contributed by atoms with Crippen LogP contribution in [0, 0.1) is 0 Å². The average Bonchev–Trinajstić information content (AvgIpc) is 2.61. The van der Waals surface area contributed by atoms with Crippen molar-refractivity contribution >= 4 is 17.5 Å². The van der Waals surface area contributed by atoms with Crippen LogP contribution in [0.25, 0.3) is 0 Å². The van der Waals surface area contributed by atoms with E-state index in [1.807, 2.05) is 6.07 Å². The molecule has 1 saturated heterocycles. The van der Waals surface area contributed by atoms with E-state index in [4.69, 9.17) is 0 Å². The van der Waals surface area contributed by atoms with Crippen molar-refractivity contribution in [1.29, 1.82) is 0 Å². The highest BCUT2D eigenvalue weighted by Crippen LogP contribution is 2.18. The van der Waals surface area contributed by atoms with Crippen molar-refractivity contribution in [1.82, 2.24) is 15.2 Å². The Kier molecular flexibility index (Phi) is 4.48. The van der Waals surface area contributed by atoms with Crippen molar-refractivity contribution in [3.8, 4) is 0 Å². The molecular formula is C16H20N6. The topological polar surface area (TPSA) is 57.2 Å². The Labute approximate surface area is 130 Å². The van der Waals surface area contributed by atoms with Gasteiger partial charge >= 0.3 is 0 Å². The van der Waals surface area contributed by atoms with Gasteiger partial charge in [-0.05, 0) is 12.1 Å². The molecule has 1 aliphatic rings. The Morgan fingerprint density at radius 2 is 1.82 bits per heavy atom. The third-order valence-corrected chi connectivity index (χ3v) is 3.68. The highest BCUT2D eigenvalue weighted by atomic mass is 15.3. The molecule has 0 atom stereocenters. The molecule has 1 N–H and O–H groups in total. The number of benzene rings is 1. The zero-order chi connectivity index (χ0) is 15.2. The van der Waals surface area contributed by atoms with Gasteiger partial charge in [-0.25, -0.2) is 0 Å². The van der Waals surface area contributed by atoms with Crippen LogP contribution < -0.4 is 15.1 Å². The van der Waals surface area contributed by atoms with Crippen LogP contribution in [-0.2, 0) is 0 Å². The first-order valence-corrected chi connectivity index (χ1v) is 7.46. The Balaban J connectivity index is 1.62. The Morgan fingerprint density at radius 1 is 1.09 bits per heavy atom. The summed E-state index contributed by atoms with van der Waals surface area (Å²) in [6.45, 7) is 8.10. The predicted molar refractivity (Wildman–Crippen MR) is 89.4 cm³/mol. The second-order valence-electron chi connectivity index (χ2n) is 5.12. The van der Waals surface area contributed by atoms with E-state index in [0.29, 0.717) is 12.5 Å². The van der Waals surface area contributed by atoms with Gasteiger partial charge in [-0.2, -0.15) is 10.1 Å². The standard InChI is InChI=1S/C16H20N6/c1-2-8-17-16-19-15(13-18-20-16)22-11-9-21(10-12-22)14-6-4-3-5-7-14/h2-7,13H,1,8-12H2,(H,17,19,20). The number of hydrogen-bond acceptors (Lipinski definition) is 6. The van der Waals surface area contributed by atoms with E-state index < -0.39 is 0 Å². The molecule has 1 aromatic carbocycles. The first kappa shape index (κ1) is 14.3. The molecule has 6 heteroatoms. The Hall–Kier alpha value is -2.63. The van der Waals surface area contributed by atoms with Gasteiger partial charge in [0, 0.05) is 38.4 Å². The SMILES string of the molecule is C=CCNc1nncc(N2CCN(c3ccccc3)CC2)n1. The molecule has 0 amide bonds. The highest BCUT2D eigenvalue weighted by Gasteiger charge is 2.18. The molecule has 1 aromatic heterocycles. The van der Waals surface area contributed by atoms with Crippen molar-refractivity contribution in [3.05, 3.63) is 49.2 Å². The van der Waals surface area contributed by atoms with Crippen LogP contribution in [0.4, 0.5) is 17.5 Å². The first-order chi connectivity index (χ1) is 10.9. The zero-order valence-electron chi connectivity index (χ0n) is 12.5. The lowest BCUT2D eigenvalue weighted by atomic mass is 10.2. The molecule has 0 radical (unpaired) electrons. The van der Waals surface area contributed by atoms with Gasteiger partial charge < -0.3 is 15.1 Å². The number of anilines is 3. The number of piperazine rings is 1. The summed E-state index contributed by atoms with van der Waals surface area (Å²) in [5.74, 6) is 1.41. The normalized spacial score (nSPS) is 14.7. The second-order valence-corrected chi connectivity index (χ2v) is 5.12. The van der Waals surface area contributed by atoms with Crippen molar-refractivity contribution in [2.75, 3.05) is 47.8 Å². The monoisotopic (exact) mass is 296 g/mol. The highest BCUT2D eigenvalue weighted by molar-refractivity contribution is 5.49. The van der Waals surface area contributed by atoms with Crippen molar-refractivity contribution in [2.45, 2.75) is 0 Å². The van der Waals surface area contributed by atoms with Crippen LogP contribution in [0.15, 0.2) is 49.2 Å². The van der Waals surface area contributed by atoms with E-state index in [9.17, 15) is 0 Å². The van der Waals surface area contributed by atoms with Crippen molar-refractivity contribution < 1.29 is 0 Å². The fraction of sp³-hybridized carbons (Fsp3) is 0.312. The smallest absolute Gasteiger partial charge is 0.244 e. The van der Waals surface area contributed by atoms with E-state index in [0.717, 1.165) is 32.0 Å². The fourth-order valence-electron chi connectivity index (χ4n) is 2.52. The molecule has 1 fully saturated rings. The van der Waals surface area contributed by atoms with E-state index >= 15 is 0 Å². The minimum absolute atomic E-state index is 0.544. The molecule has 2 aromatic rings. The van der Waals surface area contributed by atoms with Crippen LogP contribution in [0.2, 0.25) is 0 Å². The summed E-state index contributed by atoms with van der Waals surface area (Å²) in [7, 11) is 0. The van der Waals surface area contributed by atoms with E-state index in [1.54, 1.807) is 12.3 Å². The van der Waals surface area contributed by atoms with Gasteiger partial charge in [-0.1, -0.05) is 24.3 Å². The summed E-state index contributed by atoms with van der Waals surface area (Å²) in [5, 5.41) is 11.1. The van der Waals surface area contributed by atoms with Crippen LogP contribution in [0.1, 0.15) is 0 Å². The molecule has 0 unspecified atom stereocenters. The molecule has 3 rings (SSSR count). The molecular weight excluding hydrogens is 276 g/mol. The van der Waals surface area contributed by atoms with Crippen LogP contribution in [0.5, 0.6) is 0 Å². The van der Waals surface area contributed by atoms with Crippen LogP contribution >= 0.6 is 0 Å². The maximum atomic E-state index is 4.51. The molecule has 1 aliphatic heterocycles.